The number of benzene rings is 1. The number of nitrogens with zero attached hydrogens (tertiary/aromatic N) is 2. The van der Waals surface area contributed by atoms with Crippen molar-refractivity contribution in [1.29, 1.82) is 0 Å². The zero-order valence-electron chi connectivity index (χ0n) is 9.48. The van der Waals surface area contributed by atoms with E-state index in [0.717, 1.165) is 5.69 Å². The van der Waals surface area contributed by atoms with E-state index in [1.54, 1.807) is 26.2 Å². The number of hydrogen-bond donors (Lipinski definition) is 1. The third-order valence-corrected chi connectivity index (χ3v) is 2.10. The molecule has 15 heavy (non-hydrogen) atoms. The molecule has 4 heteroatoms. The first-order valence-corrected chi connectivity index (χ1v) is 4.65. The largest absolute Gasteiger partial charge is 0.508 e. The van der Waals surface area contributed by atoms with Crippen molar-refractivity contribution in [3.63, 3.8) is 0 Å². The third kappa shape index (κ3) is 2.40. The molecule has 0 aliphatic heterocycles. The molecule has 0 saturated heterocycles. The summed E-state index contributed by atoms with van der Waals surface area (Å²) in [5.74, 6) is -0.0135. The summed E-state index contributed by atoms with van der Waals surface area (Å²) in [5.41, 5.74) is 1.30. The molecular formula is C11H16N2O2. The van der Waals surface area contributed by atoms with Crippen LogP contribution in [0.15, 0.2) is 18.2 Å². The van der Waals surface area contributed by atoms with Gasteiger partial charge < -0.3 is 14.9 Å². The zero-order chi connectivity index (χ0) is 11.6. The summed E-state index contributed by atoms with van der Waals surface area (Å²) in [5, 5.41) is 9.36. The van der Waals surface area contributed by atoms with Crippen molar-refractivity contribution in [2.45, 2.75) is 0 Å². The standard InChI is InChI=1S/C11H16N2O2/c1-12(2)10-6-5-8(14)7-9(10)11(15)13(3)4/h5-7,14H,1-4H3. The van der Waals surface area contributed by atoms with Crippen LogP contribution in [0.2, 0.25) is 0 Å². The summed E-state index contributed by atoms with van der Waals surface area (Å²) in [4.78, 5) is 15.1. The van der Waals surface area contributed by atoms with Crippen LogP contribution < -0.4 is 4.90 Å². The van der Waals surface area contributed by atoms with E-state index in [9.17, 15) is 9.90 Å². The van der Waals surface area contributed by atoms with E-state index < -0.39 is 0 Å². The minimum atomic E-state index is -0.116. The molecule has 0 unspecified atom stereocenters. The summed E-state index contributed by atoms with van der Waals surface area (Å²) < 4.78 is 0. The monoisotopic (exact) mass is 208 g/mol. The molecule has 1 N–H and O–H groups in total. The van der Waals surface area contributed by atoms with Crippen molar-refractivity contribution in [1.82, 2.24) is 4.90 Å². The highest BCUT2D eigenvalue weighted by Crippen LogP contribution is 2.24. The smallest absolute Gasteiger partial charge is 0.255 e. The van der Waals surface area contributed by atoms with Crippen molar-refractivity contribution in [3.8, 4) is 5.75 Å². The number of hydrogen-bond acceptors (Lipinski definition) is 3. The minimum absolute atomic E-state index is 0.103. The Balaban J connectivity index is 3.24. The molecule has 0 fully saturated rings. The first-order valence-electron chi connectivity index (χ1n) is 4.65. The Kier molecular flexibility index (Phi) is 3.19. The molecule has 1 amide bonds. The summed E-state index contributed by atoms with van der Waals surface area (Å²) in [6, 6.07) is 4.78. The Hall–Kier alpha value is -1.71. The van der Waals surface area contributed by atoms with Crippen molar-refractivity contribution in [3.05, 3.63) is 23.8 Å². The fraction of sp³-hybridized carbons (Fsp3) is 0.364. The molecule has 1 aromatic carbocycles. The topological polar surface area (TPSA) is 43.8 Å². The number of phenols is 1. The Labute approximate surface area is 89.7 Å². The maximum Gasteiger partial charge on any atom is 0.255 e. The molecule has 0 atom stereocenters. The summed E-state index contributed by atoms with van der Waals surface area (Å²) >= 11 is 0. The van der Waals surface area contributed by atoms with Gasteiger partial charge in [-0.15, -0.1) is 0 Å². The molecule has 82 valence electrons. The molecule has 0 aromatic heterocycles. The van der Waals surface area contributed by atoms with E-state index in [1.165, 1.54) is 11.0 Å². The predicted molar refractivity (Wildman–Crippen MR) is 60.5 cm³/mol. The third-order valence-electron chi connectivity index (χ3n) is 2.10. The van der Waals surface area contributed by atoms with Crippen molar-refractivity contribution < 1.29 is 9.90 Å². The second-order valence-corrected chi connectivity index (χ2v) is 3.80. The number of carbonyl (C=O) groups is 1. The average molecular weight is 208 g/mol. The zero-order valence-corrected chi connectivity index (χ0v) is 9.48. The number of carbonyl (C=O) groups excluding carboxylic acids is 1. The van der Waals surface area contributed by atoms with Crippen molar-refractivity contribution in [2.75, 3.05) is 33.1 Å². The summed E-state index contributed by atoms with van der Waals surface area (Å²) in [6.07, 6.45) is 0. The number of amides is 1. The van der Waals surface area contributed by atoms with Gasteiger partial charge in [-0.25, -0.2) is 0 Å². The van der Waals surface area contributed by atoms with Crippen LogP contribution in [0.3, 0.4) is 0 Å². The van der Waals surface area contributed by atoms with Gasteiger partial charge in [-0.1, -0.05) is 0 Å². The highest BCUT2D eigenvalue weighted by atomic mass is 16.3. The molecule has 0 heterocycles. The number of aromatic hydroxyl groups is 1. The quantitative estimate of drug-likeness (QED) is 0.793. The second-order valence-electron chi connectivity index (χ2n) is 3.80. The molecule has 0 spiro atoms. The maximum atomic E-state index is 11.8. The van der Waals surface area contributed by atoms with Crippen LogP contribution in [0.1, 0.15) is 10.4 Å². The van der Waals surface area contributed by atoms with Gasteiger partial charge in [-0.3, -0.25) is 4.79 Å². The van der Waals surface area contributed by atoms with Gasteiger partial charge in [0, 0.05) is 33.9 Å². The minimum Gasteiger partial charge on any atom is -0.508 e. The van der Waals surface area contributed by atoms with Crippen molar-refractivity contribution in [2.24, 2.45) is 0 Å². The fourth-order valence-electron chi connectivity index (χ4n) is 1.33. The van der Waals surface area contributed by atoms with E-state index in [0.29, 0.717) is 5.56 Å². The summed E-state index contributed by atoms with van der Waals surface area (Å²) in [6.45, 7) is 0. The van der Waals surface area contributed by atoms with E-state index in [4.69, 9.17) is 0 Å². The lowest BCUT2D eigenvalue weighted by molar-refractivity contribution is 0.0828. The Morgan fingerprint density at radius 1 is 1.20 bits per heavy atom. The highest BCUT2D eigenvalue weighted by Gasteiger charge is 2.15. The lowest BCUT2D eigenvalue weighted by Crippen LogP contribution is -2.24. The van der Waals surface area contributed by atoms with E-state index in [-0.39, 0.29) is 11.7 Å². The highest BCUT2D eigenvalue weighted by molar-refractivity contribution is 5.99. The van der Waals surface area contributed by atoms with Crippen LogP contribution >= 0.6 is 0 Å². The van der Waals surface area contributed by atoms with Crippen LogP contribution in [0.25, 0.3) is 0 Å². The number of rotatable bonds is 2. The molecule has 0 radical (unpaired) electrons. The van der Waals surface area contributed by atoms with Gasteiger partial charge in [0.05, 0.1) is 5.56 Å². The van der Waals surface area contributed by atoms with E-state index in [2.05, 4.69) is 0 Å². The normalized spacial score (nSPS) is 9.87. The second kappa shape index (κ2) is 4.21. The molecule has 1 rings (SSSR count). The Bertz CT molecular complexity index is 373. The first kappa shape index (κ1) is 11.4. The lowest BCUT2D eigenvalue weighted by atomic mass is 10.1. The van der Waals surface area contributed by atoms with Crippen LogP contribution in [0.4, 0.5) is 5.69 Å². The molecule has 1 aromatic rings. The van der Waals surface area contributed by atoms with Gasteiger partial charge in [0.2, 0.25) is 0 Å². The maximum absolute atomic E-state index is 11.8. The van der Waals surface area contributed by atoms with E-state index >= 15 is 0 Å². The predicted octanol–water partition coefficient (Wildman–Crippen LogP) is 1.16. The van der Waals surface area contributed by atoms with Gasteiger partial charge in [0.15, 0.2) is 0 Å². The molecule has 0 saturated carbocycles. The fourth-order valence-corrected chi connectivity index (χ4v) is 1.33. The molecule has 4 nitrogen and oxygen atoms in total. The Morgan fingerprint density at radius 2 is 1.80 bits per heavy atom. The number of anilines is 1. The van der Waals surface area contributed by atoms with Gasteiger partial charge in [0.1, 0.15) is 5.75 Å². The van der Waals surface area contributed by atoms with E-state index in [1.807, 2.05) is 19.0 Å². The molecular weight excluding hydrogens is 192 g/mol. The summed E-state index contributed by atoms with van der Waals surface area (Å²) in [7, 11) is 7.09. The van der Waals surface area contributed by atoms with Crippen LogP contribution in [-0.4, -0.2) is 44.1 Å². The van der Waals surface area contributed by atoms with Gasteiger partial charge in [-0.2, -0.15) is 0 Å². The van der Waals surface area contributed by atoms with Crippen LogP contribution in [-0.2, 0) is 0 Å². The van der Waals surface area contributed by atoms with Crippen LogP contribution in [0, 0.1) is 0 Å². The van der Waals surface area contributed by atoms with Crippen molar-refractivity contribution >= 4 is 11.6 Å². The lowest BCUT2D eigenvalue weighted by Gasteiger charge is -2.19. The molecule has 0 aliphatic carbocycles. The molecule has 0 bridgehead atoms. The van der Waals surface area contributed by atoms with Crippen LogP contribution in [0.5, 0.6) is 5.75 Å². The Morgan fingerprint density at radius 3 is 2.27 bits per heavy atom. The van der Waals surface area contributed by atoms with Gasteiger partial charge in [-0.05, 0) is 18.2 Å². The van der Waals surface area contributed by atoms with Gasteiger partial charge >= 0.3 is 0 Å². The SMILES string of the molecule is CN(C)C(=O)c1cc(O)ccc1N(C)C. The number of phenolic OH excluding ortho intramolecular Hbond substituents is 1. The first-order chi connectivity index (χ1) is 6.93. The molecule has 0 aliphatic rings. The average Bonchev–Trinajstić information content (AvgIpc) is 2.15. The van der Waals surface area contributed by atoms with Gasteiger partial charge in [0.25, 0.3) is 5.91 Å².